The number of carbonyl (C=O) groups excluding carboxylic acids is 1. The van der Waals surface area contributed by atoms with Gasteiger partial charge in [-0.3, -0.25) is 14.9 Å². The van der Waals surface area contributed by atoms with Crippen LogP contribution in [0.25, 0.3) is 0 Å². The van der Waals surface area contributed by atoms with E-state index in [4.69, 9.17) is 4.74 Å². The van der Waals surface area contributed by atoms with Gasteiger partial charge in [0.05, 0.1) is 17.7 Å². The van der Waals surface area contributed by atoms with E-state index in [-0.39, 0.29) is 11.3 Å². The first-order valence-corrected chi connectivity index (χ1v) is 7.72. The van der Waals surface area contributed by atoms with E-state index in [2.05, 4.69) is 10.5 Å². The summed E-state index contributed by atoms with van der Waals surface area (Å²) in [4.78, 5) is 22.7. The van der Waals surface area contributed by atoms with Crippen LogP contribution in [0.2, 0.25) is 0 Å². The molecule has 0 aliphatic heterocycles. The molecule has 0 bridgehead atoms. The summed E-state index contributed by atoms with van der Waals surface area (Å²) in [5.41, 5.74) is 4.60. The van der Waals surface area contributed by atoms with Crippen LogP contribution in [-0.4, -0.2) is 23.7 Å². The zero-order valence-corrected chi connectivity index (χ0v) is 14.3. The maximum atomic E-state index is 12.2. The smallest absolute Gasteiger partial charge is 0.273 e. The number of amides is 1. The summed E-state index contributed by atoms with van der Waals surface area (Å²) in [7, 11) is 1.59. The van der Waals surface area contributed by atoms with Crippen LogP contribution < -0.4 is 10.2 Å². The zero-order valence-electron chi connectivity index (χ0n) is 14.3. The molecule has 0 saturated carbocycles. The fraction of sp³-hybridized carbons (Fsp3) is 0.222. The molecule has 1 N–H and O–H groups in total. The van der Waals surface area contributed by atoms with Crippen molar-refractivity contribution in [2.75, 3.05) is 7.11 Å². The number of ether oxygens (including phenoxy) is 1. The third-order valence-electron chi connectivity index (χ3n) is 3.72. The predicted molar refractivity (Wildman–Crippen MR) is 95.1 cm³/mol. The molecule has 0 aliphatic rings. The average Bonchev–Trinajstić information content (AvgIpc) is 2.62. The van der Waals surface area contributed by atoms with Gasteiger partial charge >= 0.3 is 0 Å². The molecule has 0 spiro atoms. The van der Waals surface area contributed by atoms with Gasteiger partial charge in [0.15, 0.2) is 0 Å². The molecule has 0 aliphatic carbocycles. The van der Waals surface area contributed by atoms with Crippen molar-refractivity contribution in [2.45, 2.75) is 20.3 Å². The summed E-state index contributed by atoms with van der Waals surface area (Å²) in [6, 6.07) is 11.7. The summed E-state index contributed by atoms with van der Waals surface area (Å²) < 4.78 is 5.11. The molecule has 2 aromatic rings. The summed E-state index contributed by atoms with van der Waals surface area (Å²) >= 11 is 0. The quantitative estimate of drug-likeness (QED) is 0.494. The second-order valence-corrected chi connectivity index (χ2v) is 5.34. The minimum Gasteiger partial charge on any atom is -0.497 e. The van der Waals surface area contributed by atoms with E-state index in [9.17, 15) is 14.9 Å². The first-order chi connectivity index (χ1) is 12.0. The van der Waals surface area contributed by atoms with Gasteiger partial charge in [0.2, 0.25) is 0 Å². The fourth-order valence-corrected chi connectivity index (χ4v) is 2.26. The number of hydrogen-bond donors (Lipinski definition) is 1. The molecule has 0 aromatic heterocycles. The maximum absolute atomic E-state index is 12.2. The molecule has 2 rings (SSSR count). The van der Waals surface area contributed by atoms with Crippen LogP contribution in [-0.2, 0) is 0 Å². The van der Waals surface area contributed by atoms with Crippen LogP contribution in [0.5, 0.6) is 5.75 Å². The van der Waals surface area contributed by atoms with E-state index < -0.39 is 10.8 Å². The lowest BCUT2D eigenvalue weighted by molar-refractivity contribution is -0.385. The van der Waals surface area contributed by atoms with Gasteiger partial charge in [0, 0.05) is 17.2 Å². The molecule has 130 valence electrons. The van der Waals surface area contributed by atoms with Crippen LogP contribution >= 0.6 is 0 Å². The van der Waals surface area contributed by atoms with Crippen LogP contribution in [0, 0.1) is 17.0 Å². The van der Waals surface area contributed by atoms with Crippen molar-refractivity contribution in [1.29, 1.82) is 0 Å². The summed E-state index contributed by atoms with van der Waals surface area (Å²) in [6.07, 6.45) is 0.612. The largest absolute Gasteiger partial charge is 0.497 e. The van der Waals surface area contributed by atoms with E-state index in [1.807, 2.05) is 31.2 Å². The molecule has 2 aromatic carbocycles. The molecular weight excluding hydrogens is 322 g/mol. The predicted octanol–water partition coefficient (Wildman–Crippen LogP) is 3.46. The van der Waals surface area contributed by atoms with Crippen molar-refractivity contribution in [1.82, 2.24) is 5.43 Å². The number of nitrogens with zero attached hydrogens (tertiary/aromatic N) is 2. The number of aryl methyl sites for hydroxylation is 1. The number of hydrogen-bond acceptors (Lipinski definition) is 5. The molecular formula is C18H19N3O4. The number of benzene rings is 2. The highest BCUT2D eigenvalue weighted by Crippen LogP contribution is 2.19. The number of nitrogens with one attached hydrogen (secondary N) is 1. The summed E-state index contributed by atoms with van der Waals surface area (Å²) in [5, 5.41) is 15.1. The monoisotopic (exact) mass is 341 g/mol. The van der Waals surface area contributed by atoms with Gasteiger partial charge in [-0.05, 0) is 49.2 Å². The first kappa shape index (κ1) is 18.1. The van der Waals surface area contributed by atoms with Crippen LogP contribution in [0.4, 0.5) is 5.69 Å². The van der Waals surface area contributed by atoms with Crippen molar-refractivity contribution in [2.24, 2.45) is 5.10 Å². The molecule has 0 radical (unpaired) electrons. The Bertz CT molecular complexity index is 814. The van der Waals surface area contributed by atoms with Crippen molar-refractivity contribution in [3.63, 3.8) is 0 Å². The van der Waals surface area contributed by atoms with Crippen molar-refractivity contribution < 1.29 is 14.5 Å². The van der Waals surface area contributed by atoms with Gasteiger partial charge in [-0.15, -0.1) is 0 Å². The van der Waals surface area contributed by atoms with E-state index in [1.54, 1.807) is 20.1 Å². The second kappa shape index (κ2) is 8.05. The minimum atomic E-state index is -0.510. The number of carbonyl (C=O) groups is 1. The van der Waals surface area contributed by atoms with Gasteiger partial charge in [-0.2, -0.15) is 5.10 Å². The first-order valence-electron chi connectivity index (χ1n) is 7.72. The highest BCUT2D eigenvalue weighted by atomic mass is 16.6. The number of hydrazone groups is 1. The maximum Gasteiger partial charge on any atom is 0.273 e. The van der Waals surface area contributed by atoms with Crippen LogP contribution in [0.1, 0.15) is 34.8 Å². The molecule has 7 heteroatoms. The highest BCUT2D eigenvalue weighted by Gasteiger charge is 2.15. The Morgan fingerprint density at radius 2 is 1.84 bits per heavy atom. The Labute approximate surface area is 145 Å². The number of rotatable bonds is 6. The van der Waals surface area contributed by atoms with Gasteiger partial charge in [0.1, 0.15) is 5.75 Å². The van der Waals surface area contributed by atoms with Crippen LogP contribution in [0.3, 0.4) is 0 Å². The number of nitro groups is 1. The minimum absolute atomic E-state index is 0.0949. The Balaban J connectivity index is 2.19. The Kier molecular flexibility index (Phi) is 5.84. The lowest BCUT2D eigenvalue weighted by Crippen LogP contribution is -2.20. The molecule has 0 fully saturated rings. The lowest BCUT2D eigenvalue weighted by Gasteiger charge is -2.07. The molecule has 7 nitrogen and oxygen atoms in total. The van der Waals surface area contributed by atoms with Gasteiger partial charge in [0.25, 0.3) is 11.6 Å². The third-order valence-corrected chi connectivity index (χ3v) is 3.72. The summed E-state index contributed by atoms with van der Waals surface area (Å²) in [5.74, 6) is 0.234. The second-order valence-electron chi connectivity index (χ2n) is 5.34. The topological polar surface area (TPSA) is 93.8 Å². The van der Waals surface area contributed by atoms with Crippen molar-refractivity contribution in [3.05, 3.63) is 69.3 Å². The average molecular weight is 341 g/mol. The standard InChI is InChI=1S/C18H19N3O4/c1-4-16(13-7-9-15(25-3)10-8-13)19-20-18(22)14-6-5-12(2)17(11-14)21(23)24/h5-11H,4H2,1-3H3,(H,20,22)/b19-16+. The van der Waals surface area contributed by atoms with Crippen molar-refractivity contribution >= 4 is 17.3 Å². The lowest BCUT2D eigenvalue weighted by atomic mass is 10.1. The van der Waals surface area contributed by atoms with Gasteiger partial charge in [-0.1, -0.05) is 13.0 Å². The SMILES string of the molecule is CC/C(=N\NC(=O)c1ccc(C)c([N+](=O)[O-])c1)c1ccc(OC)cc1. The normalized spacial score (nSPS) is 11.1. The fourth-order valence-electron chi connectivity index (χ4n) is 2.26. The molecule has 0 atom stereocenters. The molecule has 25 heavy (non-hydrogen) atoms. The zero-order chi connectivity index (χ0) is 18.4. The molecule has 0 heterocycles. The van der Waals surface area contributed by atoms with E-state index in [0.717, 1.165) is 11.3 Å². The molecule has 1 amide bonds. The van der Waals surface area contributed by atoms with Crippen molar-refractivity contribution in [3.8, 4) is 5.75 Å². The van der Waals surface area contributed by atoms with E-state index in [1.165, 1.54) is 12.1 Å². The molecule has 0 saturated heterocycles. The number of nitro benzene ring substituents is 1. The highest BCUT2D eigenvalue weighted by molar-refractivity contribution is 6.02. The van der Waals surface area contributed by atoms with Gasteiger partial charge in [-0.25, -0.2) is 5.43 Å². The van der Waals surface area contributed by atoms with Crippen LogP contribution in [0.15, 0.2) is 47.6 Å². The molecule has 0 unspecified atom stereocenters. The Morgan fingerprint density at radius 3 is 2.40 bits per heavy atom. The number of methoxy groups -OCH3 is 1. The van der Waals surface area contributed by atoms with Gasteiger partial charge < -0.3 is 4.74 Å². The Morgan fingerprint density at radius 1 is 1.20 bits per heavy atom. The third kappa shape index (κ3) is 4.41. The summed E-state index contributed by atoms with van der Waals surface area (Å²) in [6.45, 7) is 3.54. The Hall–Kier alpha value is -3.22. The van der Waals surface area contributed by atoms with E-state index >= 15 is 0 Å². The van der Waals surface area contributed by atoms with E-state index in [0.29, 0.717) is 17.7 Å².